The molecule has 7 heteroatoms. The van der Waals surface area contributed by atoms with Gasteiger partial charge in [-0.25, -0.2) is 0 Å². The van der Waals surface area contributed by atoms with Gasteiger partial charge in [-0.1, -0.05) is 11.6 Å². The van der Waals surface area contributed by atoms with E-state index in [1.807, 2.05) is 30.3 Å². The molecule has 1 heterocycles. The Bertz CT molecular complexity index is 818. The van der Waals surface area contributed by atoms with Crippen LogP contribution in [0.3, 0.4) is 0 Å². The molecule has 2 aromatic carbocycles. The van der Waals surface area contributed by atoms with Gasteiger partial charge in [0, 0.05) is 22.3 Å². The molecule has 3 aromatic rings. The predicted octanol–water partition coefficient (Wildman–Crippen LogP) is 4.02. The molecule has 0 aliphatic heterocycles. The summed E-state index contributed by atoms with van der Waals surface area (Å²) in [5.41, 5.74) is 1.68. The van der Waals surface area contributed by atoms with Gasteiger partial charge in [0.1, 0.15) is 0 Å². The van der Waals surface area contributed by atoms with Crippen molar-refractivity contribution in [3.8, 4) is 23.0 Å². The normalized spacial score (nSPS) is 10.5. The fourth-order valence-electron chi connectivity index (χ4n) is 2.16. The van der Waals surface area contributed by atoms with Gasteiger partial charge in [-0.15, -0.1) is 10.2 Å². The number of nitrogens with one attached hydrogen (secondary N) is 1. The molecule has 1 N–H and O–H groups in total. The van der Waals surface area contributed by atoms with E-state index in [2.05, 4.69) is 15.5 Å². The first-order chi connectivity index (χ1) is 11.7. The van der Waals surface area contributed by atoms with E-state index in [-0.39, 0.29) is 0 Å². The lowest BCUT2D eigenvalue weighted by atomic mass is 10.2. The van der Waals surface area contributed by atoms with Crippen molar-refractivity contribution in [3.05, 3.63) is 53.4 Å². The summed E-state index contributed by atoms with van der Waals surface area (Å²) >= 11 is 5.87. The van der Waals surface area contributed by atoms with Crippen LogP contribution in [0.1, 0.15) is 5.89 Å². The summed E-state index contributed by atoms with van der Waals surface area (Å²) in [5, 5.41) is 12.0. The monoisotopic (exact) mass is 345 g/mol. The number of aromatic nitrogens is 2. The summed E-state index contributed by atoms with van der Waals surface area (Å²) in [6.45, 7) is 0.399. The standard InChI is InChI=1S/C17H16ClN3O3/c1-22-14-8-7-13(9-15(14)23-2)19-10-16-20-21-17(24-16)11-3-5-12(18)6-4-11/h3-9,19H,10H2,1-2H3. The molecule has 6 nitrogen and oxygen atoms in total. The van der Waals surface area contributed by atoms with Crippen LogP contribution in [-0.4, -0.2) is 24.4 Å². The lowest BCUT2D eigenvalue weighted by Crippen LogP contribution is -2.00. The summed E-state index contributed by atoms with van der Waals surface area (Å²) in [6.07, 6.45) is 0. The highest BCUT2D eigenvalue weighted by atomic mass is 35.5. The largest absolute Gasteiger partial charge is 0.493 e. The fourth-order valence-corrected chi connectivity index (χ4v) is 2.28. The second-order valence-electron chi connectivity index (χ2n) is 4.93. The van der Waals surface area contributed by atoms with Gasteiger partial charge in [0.25, 0.3) is 0 Å². The molecule has 0 bridgehead atoms. The van der Waals surface area contributed by atoms with Crippen LogP contribution >= 0.6 is 11.6 Å². The number of hydrogen-bond donors (Lipinski definition) is 1. The minimum Gasteiger partial charge on any atom is -0.493 e. The fraction of sp³-hybridized carbons (Fsp3) is 0.176. The van der Waals surface area contributed by atoms with E-state index in [1.54, 1.807) is 26.4 Å². The van der Waals surface area contributed by atoms with Crippen molar-refractivity contribution < 1.29 is 13.9 Å². The average Bonchev–Trinajstić information content (AvgIpc) is 3.09. The van der Waals surface area contributed by atoms with E-state index in [9.17, 15) is 0 Å². The van der Waals surface area contributed by atoms with E-state index in [0.29, 0.717) is 34.8 Å². The van der Waals surface area contributed by atoms with Crippen molar-refractivity contribution in [1.82, 2.24) is 10.2 Å². The Hall–Kier alpha value is -2.73. The summed E-state index contributed by atoms with van der Waals surface area (Å²) in [7, 11) is 3.19. The summed E-state index contributed by atoms with van der Waals surface area (Å²) < 4.78 is 16.1. The molecule has 0 aliphatic rings. The number of benzene rings is 2. The molecule has 0 saturated heterocycles. The third-order valence-corrected chi connectivity index (χ3v) is 3.64. The average molecular weight is 346 g/mol. The maximum Gasteiger partial charge on any atom is 0.247 e. The molecule has 24 heavy (non-hydrogen) atoms. The molecule has 0 amide bonds. The summed E-state index contributed by atoms with van der Waals surface area (Å²) in [4.78, 5) is 0. The SMILES string of the molecule is COc1ccc(NCc2nnc(-c3ccc(Cl)cc3)o2)cc1OC. The second kappa shape index (κ2) is 7.23. The van der Waals surface area contributed by atoms with Gasteiger partial charge in [0.05, 0.1) is 20.8 Å². The number of rotatable bonds is 6. The van der Waals surface area contributed by atoms with Crippen molar-refractivity contribution in [2.45, 2.75) is 6.54 Å². The van der Waals surface area contributed by atoms with Crippen LogP contribution < -0.4 is 14.8 Å². The van der Waals surface area contributed by atoms with Crippen LogP contribution in [0.15, 0.2) is 46.9 Å². The van der Waals surface area contributed by atoms with E-state index in [1.165, 1.54) is 0 Å². The first kappa shape index (κ1) is 16.1. The highest BCUT2D eigenvalue weighted by Crippen LogP contribution is 2.30. The van der Waals surface area contributed by atoms with Gasteiger partial charge in [0.15, 0.2) is 11.5 Å². The molecule has 124 valence electrons. The van der Waals surface area contributed by atoms with Crippen molar-refractivity contribution in [2.75, 3.05) is 19.5 Å². The van der Waals surface area contributed by atoms with E-state index < -0.39 is 0 Å². The number of halogens is 1. The molecule has 3 rings (SSSR count). The van der Waals surface area contributed by atoms with Gasteiger partial charge in [-0.3, -0.25) is 0 Å². The molecular weight excluding hydrogens is 330 g/mol. The first-order valence-corrected chi connectivity index (χ1v) is 7.61. The first-order valence-electron chi connectivity index (χ1n) is 7.24. The van der Waals surface area contributed by atoms with Crippen LogP contribution in [0, 0.1) is 0 Å². The number of methoxy groups -OCH3 is 2. The Labute approximate surface area is 144 Å². The molecule has 0 spiro atoms. The lowest BCUT2D eigenvalue weighted by Gasteiger charge is -2.10. The summed E-state index contributed by atoms with van der Waals surface area (Å²) in [5.74, 6) is 2.26. The Morgan fingerprint density at radius 2 is 1.75 bits per heavy atom. The Morgan fingerprint density at radius 3 is 2.46 bits per heavy atom. The maximum absolute atomic E-state index is 5.87. The Balaban J connectivity index is 1.68. The number of nitrogens with zero attached hydrogens (tertiary/aromatic N) is 2. The van der Waals surface area contributed by atoms with Gasteiger partial charge in [-0.05, 0) is 36.4 Å². The topological polar surface area (TPSA) is 69.4 Å². The van der Waals surface area contributed by atoms with Crippen LogP contribution in [0.5, 0.6) is 11.5 Å². The zero-order valence-corrected chi connectivity index (χ0v) is 14.0. The minimum atomic E-state index is 0.399. The molecule has 1 aromatic heterocycles. The van der Waals surface area contributed by atoms with Crippen LogP contribution in [0.2, 0.25) is 5.02 Å². The quantitative estimate of drug-likeness (QED) is 0.727. The highest BCUT2D eigenvalue weighted by molar-refractivity contribution is 6.30. The third-order valence-electron chi connectivity index (χ3n) is 3.39. The predicted molar refractivity (Wildman–Crippen MR) is 91.6 cm³/mol. The highest BCUT2D eigenvalue weighted by Gasteiger charge is 2.09. The van der Waals surface area contributed by atoms with E-state index in [0.717, 1.165) is 11.3 Å². The molecule has 0 saturated carbocycles. The van der Waals surface area contributed by atoms with Crippen molar-refractivity contribution in [1.29, 1.82) is 0 Å². The molecule has 0 aliphatic carbocycles. The van der Waals surface area contributed by atoms with Gasteiger partial charge < -0.3 is 19.2 Å². The molecule has 0 unspecified atom stereocenters. The lowest BCUT2D eigenvalue weighted by molar-refractivity contribution is 0.355. The molecule has 0 fully saturated rings. The minimum absolute atomic E-state index is 0.399. The van der Waals surface area contributed by atoms with E-state index in [4.69, 9.17) is 25.5 Å². The number of anilines is 1. The number of hydrogen-bond acceptors (Lipinski definition) is 6. The third kappa shape index (κ3) is 3.60. The molecule has 0 radical (unpaired) electrons. The van der Waals surface area contributed by atoms with Gasteiger partial charge in [0.2, 0.25) is 11.8 Å². The Kier molecular flexibility index (Phi) is 4.86. The maximum atomic E-state index is 5.87. The van der Waals surface area contributed by atoms with Crippen molar-refractivity contribution >= 4 is 17.3 Å². The van der Waals surface area contributed by atoms with Gasteiger partial charge in [-0.2, -0.15) is 0 Å². The molecule has 0 atom stereocenters. The van der Waals surface area contributed by atoms with Crippen molar-refractivity contribution in [2.24, 2.45) is 0 Å². The van der Waals surface area contributed by atoms with Crippen LogP contribution in [0.25, 0.3) is 11.5 Å². The second-order valence-corrected chi connectivity index (χ2v) is 5.37. The zero-order chi connectivity index (χ0) is 16.9. The van der Waals surface area contributed by atoms with Crippen LogP contribution in [-0.2, 0) is 6.54 Å². The van der Waals surface area contributed by atoms with Crippen molar-refractivity contribution in [3.63, 3.8) is 0 Å². The molecular formula is C17H16ClN3O3. The summed E-state index contributed by atoms with van der Waals surface area (Å²) in [6, 6.07) is 12.8. The number of ether oxygens (including phenoxy) is 2. The Morgan fingerprint density at radius 1 is 1.00 bits per heavy atom. The van der Waals surface area contributed by atoms with E-state index >= 15 is 0 Å². The van der Waals surface area contributed by atoms with Gasteiger partial charge >= 0.3 is 0 Å². The smallest absolute Gasteiger partial charge is 0.247 e. The zero-order valence-electron chi connectivity index (χ0n) is 13.2. The van der Waals surface area contributed by atoms with Crippen LogP contribution in [0.4, 0.5) is 5.69 Å².